The molecule has 0 spiro atoms. The Balaban J connectivity index is 2.09. The second kappa shape index (κ2) is 6.45. The molecule has 0 atom stereocenters. The molecule has 0 amide bonds. The monoisotopic (exact) mass is 352 g/mol. The standard InChI is InChI=1S/C14H13BrN2O4/c1-21-14-5-2-9(6-13(14)18)8-16-12-4-3-10(17(19)20)7-11(12)15/h2-7,16,18H,8H2,1H3. The summed E-state index contributed by atoms with van der Waals surface area (Å²) in [6.07, 6.45) is 0. The summed E-state index contributed by atoms with van der Waals surface area (Å²) in [6, 6.07) is 9.60. The molecule has 0 aliphatic carbocycles. The van der Waals surface area contributed by atoms with Crippen molar-refractivity contribution in [2.75, 3.05) is 12.4 Å². The average Bonchev–Trinajstić information content (AvgIpc) is 2.46. The molecule has 0 aromatic heterocycles. The molecule has 0 saturated heterocycles. The number of aromatic hydroxyl groups is 1. The molecular formula is C14H13BrN2O4. The molecule has 6 nitrogen and oxygen atoms in total. The maximum atomic E-state index is 10.7. The molecule has 0 aliphatic rings. The van der Waals surface area contributed by atoms with E-state index < -0.39 is 4.92 Å². The van der Waals surface area contributed by atoms with Crippen molar-refractivity contribution in [1.82, 2.24) is 0 Å². The summed E-state index contributed by atoms with van der Waals surface area (Å²) in [4.78, 5) is 10.2. The number of methoxy groups -OCH3 is 1. The van der Waals surface area contributed by atoms with E-state index in [1.54, 1.807) is 18.2 Å². The van der Waals surface area contributed by atoms with Crippen LogP contribution in [0.3, 0.4) is 0 Å². The van der Waals surface area contributed by atoms with Crippen molar-refractivity contribution >= 4 is 27.3 Å². The topological polar surface area (TPSA) is 84.6 Å². The van der Waals surface area contributed by atoms with Gasteiger partial charge in [-0.25, -0.2) is 0 Å². The van der Waals surface area contributed by atoms with Gasteiger partial charge in [0.1, 0.15) is 0 Å². The zero-order valence-electron chi connectivity index (χ0n) is 11.2. The van der Waals surface area contributed by atoms with Crippen LogP contribution in [-0.2, 0) is 6.54 Å². The lowest BCUT2D eigenvalue weighted by molar-refractivity contribution is -0.384. The molecule has 0 aliphatic heterocycles. The van der Waals surface area contributed by atoms with Crippen LogP contribution in [0.5, 0.6) is 11.5 Å². The van der Waals surface area contributed by atoms with E-state index in [0.717, 1.165) is 11.3 Å². The van der Waals surface area contributed by atoms with Crippen LogP contribution in [0.1, 0.15) is 5.56 Å². The van der Waals surface area contributed by atoms with E-state index in [0.29, 0.717) is 16.8 Å². The number of anilines is 1. The summed E-state index contributed by atoms with van der Waals surface area (Å²) in [5.41, 5.74) is 1.61. The number of benzene rings is 2. The minimum absolute atomic E-state index is 0.0227. The van der Waals surface area contributed by atoms with E-state index in [1.165, 1.54) is 19.2 Å². The van der Waals surface area contributed by atoms with Gasteiger partial charge in [-0.3, -0.25) is 10.1 Å². The second-order valence-corrected chi connectivity index (χ2v) is 5.14. The molecule has 2 aromatic rings. The molecule has 0 heterocycles. The number of ether oxygens (including phenoxy) is 1. The third-order valence-corrected chi connectivity index (χ3v) is 3.55. The lowest BCUT2D eigenvalue weighted by atomic mass is 10.2. The third kappa shape index (κ3) is 3.63. The van der Waals surface area contributed by atoms with Gasteiger partial charge in [0.25, 0.3) is 5.69 Å². The Morgan fingerprint density at radius 1 is 1.33 bits per heavy atom. The maximum absolute atomic E-state index is 10.7. The Morgan fingerprint density at radius 3 is 2.67 bits per heavy atom. The number of nitro benzene ring substituents is 1. The van der Waals surface area contributed by atoms with Crippen LogP contribution in [0.4, 0.5) is 11.4 Å². The van der Waals surface area contributed by atoms with Gasteiger partial charge in [-0.2, -0.15) is 0 Å². The molecule has 0 bridgehead atoms. The van der Waals surface area contributed by atoms with Crippen LogP contribution >= 0.6 is 15.9 Å². The predicted molar refractivity (Wildman–Crippen MR) is 82.8 cm³/mol. The Labute approximate surface area is 129 Å². The van der Waals surface area contributed by atoms with Gasteiger partial charge in [0, 0.05) is 28.8 Å². The van der Waals surface area contributed by atoms with Crippen molar-refractivity contribution in [3.05, 3.63) is 56.5 Å². The van der Waals surface area contributed by atoms with Gasteiger partial charge < -0.3 is 15.2 Å². The normalized spacial score (nSPS) is 10.2. The van der Waals surface area contributed by atoms with Crippen LogP contribution < -0.4 is 10.1 Å². The highest BCUT2D eigenvalue weighted by atomic mass is 79.9. The van der Waals surface area contributed by atoms with Crippen molar-refractivity contribution in [1.29, 1.82) is 0 Å². The maximum Gasteiger partial charge on any atom is 0.270 e. The number of nitrogens with one attached hydrogen (secondary N) is 1. The Bertz CT molecular complexity index is 676. The van der Waals surface area contributed by atoms with Crippen LogP contribution in [0.25, 0.3) is 0 Å². The Morgan fingerprint density at radius 2 is 2.10 bits per heavy atom. The number of nitro groups is 1. The molecule has 110 valence electrons. The molecule has 2 N–H and O–H groups in total. The van der Waals surface area contributed by atoms with Crippen molar-refractivity contribution in [3.63, 3.8) is 0 Å². The number of halogens is 1. The number of nitrogens with zero attached hydrogens (tertiary/aromatic N) is 1. The fourth-order valence-corrected chi connectivity index (χ4v) is 2.31. The van der Waals surface area contributed by atoms with E-state index in [4.69, 9.17) is 4.74 Å². The second-order valence-electron chi connectivity index (χ2n) is 4.28. The highest BCUT2D eigenvalue weighted by Gasteiger charge is 2.09. The Hall–Kier alpha value is -2.28. The van der Waals surface area contributed by atoms with Gasteiger partial charge >= 0.3 is 0 Å². The highest BCUT2D eigenvalue weighted by Crippen LogP contribution is 2.29. The van der Waals surface area contributed by atoms with E-state index >= 15 is 0 Å². The molecule has 7 heteroatoms. The molecule has 0 unspecified atom stereocenters. The lowest BCUT2D eigenvalue weighted by Gasteiger charge is -2.10. The quantitative estimate of drug-likeness (QED) is 0.633. The van der Waals surface area contributed by atoms with Gasteiger partial charge in [-0.1, -0.05) is 6.07 Å². The lowest BCUT2D eigenvalue weighted by Crippen LogP contribution is -2.00. The van der Waals surface area contributed by atoms with Gasteiger partial charge in [0.05, 0.1) is 12.0 Å². The van der Waals surface area contributed by atoms with Crippen molar-refractivity contribution in [2.24, 2.45) is 0 Å². The SMILES string of the molecule is COc1ccc(CNc2ccc([N+](=O)[O-])cc2Br)cc1O. The first-order chi connectivity index (χ1) is 10.0. The average molecular weight is 353 g/mol. The molecule has 0 radical (unpaired) electrons. The zero-order chi connectivity index (χ0) is 15.4. The number of hydrogen-bond donors (Lipinski definition) is 2. The molecule has 2 aromatic carbocycles. The third-order valence-electron chi connectivity index (χ3n) is 2.89. The van der Waals surface area contributed by atoms with Crippen LogP contribution in [0, 0.1) is 10.1 Å². The summed E-state index contributed by atoms with van der Waals surface area (Å²) >= 11 is 3.29. The van der Waals surface area contributed by atoms with E-state index in [1.807, 2.05) is 6.07 Å². The smallest absolute Gasteiger partial charge is 0.270 e. The van der Waals surface area contributed by atoms with Gasteiger partial charge in [0.2, 0.25) is 0 Å². The zero-order valence-corrected chi connectivity index (χ0v) is 12.8. The minimum Gasteiger partial charge on any atom is -0.504 e. The number of non-ortho nitro benzene ring substituents is 1. The summed E-state index contributed by atoms with van der Waals surface area (Å²) in [5.74, 6) is 0.481. The number of rotatable bonds is 5. The first kappa shape index (κ1) is 15.1. The van der Waals surface area contributed by atoms with Crippen LogP contribution in [0.15, 0.2) is 40.9 Å². The van der Waals surface area contributed by atoms with Gasteiger partial charge in [-0.15, -0.1) is 0 Å². The summed E-state index contributed by atoms with van der Waals surface area (Å²) in [7, 11) is 1.49. The summed E-state index contributed by atoms with van der Waals surface area (Å²) < 4.78 is 5.58. The van der Waals surface area contributed by atoms with Crippen molar-refractivity contribution in [2.45, 2.75) is 6.54 Å². The summed E-state index contributed by atoms with van der Waals surface area (Å²) in [6.45, 7) is 0.466. The molecule has 0 fully saturated rings. The summed E-state index contributed by atoms with van der Waals surface area (Å²) in [5, 5.41) is 23.5. The first-order valence-electron chi connectivity index (χ1n) is 6.05. The van der Waals surface area contributed by atoms with E-state index in [9.17, 15) is 15.2 Å². The molecule has 0 saturated carbocycles. The van der Waals surface area contributed by atoms with Crippen LogP contribution in [-0.4, -0.2) is 17.1 Å². The molecule has 21 heavy (non-hydrogen) atoms. The fourth-order valence-electron chi connectivity index (χ4n) is 1.80. The predicted octanol–water partition coefficient (Wildman–Crippen LogP) is 3.68. The van der Waals surface area contributed by atoms with Crippen molar-refractivity contribution < 1.29 is 14.8 Å². The fraction of sp³-hybridized carbons (Fsp3) is 0.143. The highest BCUT2D eigenvalue weighted by molar-refractivity contribution is 9.10. The largest absolute Gasteiger partial charge is 0.504 e. The number of hydrogen-bond acceptors (Lipinski definition) is 5. The molecule has 2 rings (SSSR count). The number of phenols is 1. The Kier molecular flexibility index (Phi) is 4.64. The van der Waals surface area contributed by atoms with Crippen molar-refractivity contribution in [3.8, 4) is 11.5 Å². The molecular weight excluding hydrogens is 340 g/mol. The van der Waals surface area contributed by atoms with E-state index in [-0.39, 0.29) is 11.4 Å². The minimum atomic E-state index is -0.448. The van der Waals surface area contributed by atoms with Crippen LogP contribution in [0.2, 0.25) is 0 Å². The first-order valence-corrected chi connectivity index (χ1v) is 6.84. The van der Waals surface area contributed by atoms with Gasteiger partial charge in [-0.05, 0) is 39.7 Å². The number of phenolic OH excluding ortho intramolecular Hbond substituents is 1. The van der Waals surface area contributed by atoms with E-state index in [2.05, 4.69) is 21.2 Å². The van der Waals surface area contributed by atoms with Gasteiger partial charge in [0.15, 0.2) is 11.5 Å².